The van der Waals surface area contributed by atoms with Crippen molar-refractivity contribution in [3.05, 3.63) is 93.8 Å². The van der Waals surface area contributed by atoms with Gasteiger partial charge in [-0.3, -0.25) is 4.79 Å². The third kappa shape index (κ3) is 5.42. The average molecular weight is 437 g/mol. The number of esters is 1. The molecule has 0 aliphatic carbocycles. The molecule has 0 bridgehead atoms. The Kier molecular flexibility index (Phi) is 6.52. The summed E-state index contributed by atoms with van der Waals surface area (Å²) in [6.45, 7) is 3.71. The van der Waals surface area contributed by atoms with Gasteiger partial charge in [0.1, 0.15) is 24.3 Å². The molecule has 0 unspecified atom stereocenters. The fourth-order valence-electron chi connectivity index (χ4n) is 3.70. The van der Waals surface area contributed by atoms with E-state index in [1.807, 2.05) is 18.2 Å². The monoisotopic (exact) mass is 436 g/mol. The molecule has 3 nitrogen and oxygen atoms in total. The predicted molar refractivity (Wildman–Crippen MR) is 121 cm³/mol. The van der Waals surface area contributed by atoms with E-state index in [2.05, 4.69) is 37.3 Å². The molecule has 1 aromatic heterocycles. The Morgan fingerprint density at radius 3 is 2.74 bits per heavy atom. The van der Waals surface area contributed by atoms with Crippen molar-refractivity contribution in [2.75, 3.05) is 6.61 Å². The summed E-state index contributed by atoms with van der Waals surface area (Å²) in [5, 5.41) is 0. The van der Waals surface area contributed by atoms with E-state index in [1.54, 1.807) is 11.3 Å². The molecule has 3 aromatic rings. The number of rotatable bonds is 6. The van der Waals surface area contributed by atoms with E-state index in [0.717, 1.165) is 41.0 Å². The highest BCUT2D eigenvalue weighted by Crippen LogP contribution is 2.33. The largest absolute Gasteiger partial charge is 0.487 e. The quantitative estimate of drug-likeness (QED) is 0.401. The molecule has 0 saturated carbocycles. The van der Waals surface area contributed by atoms with E-state index in [9.17, 15) is 9.18 Å². The van der Waals surface area contributed by atoms with Gasteiger partial charge in [0.05, 0.1) is 0 Å². The van der Waals surface area contributed by atoms with Crippen molar-refractivity contribution >= 4 is 17.3 Å². The molecule has 1 aliphatic heterocycles. The lowest BCUT2D eigenvalue weighted by Gasteiger charge is -2.25. The lowest BCUT2D eigenvalue weighted by atomic mass is 9.96. The van der Waals surface area contributed by atoms with Crippen LogP contribution in [-0.4, -0.2) is 12.6 Å². The zero-order valence-electron chi connectivity index (χ0n) is 17.7. The minimum atomic E-state index is -0.305. The second kappa shape index (κ2) is 9.48. The molecule has 0 radical (unpaired) electrons. The van der Waals surface area contributed by atoms with Crippen LogP contribution in [-0.2, 0) is 20.7 Å². The Morgan fingerprint density at radius 2 is 1.97 bits per heavy atom. The van der Waals surface area contributed by atoms with Crippen LogP contribution < -0.4 is 0 Å². The average Bonchev–Trinajstić information content (AvgIpc) is 3.23. The molecule has 160 valence electrons. The SMILES string of the molecule is CC(=O)OCC1=CCC[C@@H](c2ccc(C)c(Cc3ccc(-c4ccc(F)cc4)s3)c2)O1. The smallest absolute Gasteiger partial charge is 0.303 e. The molecule has 0 amide bonds. The molecule has 0 spiro atoms. The molecule has 1 atom stereocenters. The number of hydrogen-bond acceptors (Lipinski definition) is 4. The van der Waals surface area contributed by atoms with E-state index >= 15 is 0 Å². The van der Waals surface area contributed by atoms with Crippen LogP contribution in [0.2, 0.25) is 0 Å². The van der Waals surface area contributed by atoms with Gasteiger partial charge < -0.3 is 9.47 Å². The molecule has 0 fully saturated rings. The first-order valence-corrected chi connectivity index (χ1v) is 11.2. The highest BCUT2D eigenvalue weighted by Gasteiger charge is 2.20. The number of carbonyl (C=O) groups excluding carboxylic acids is 1. The van der Waals surface area contributed by atoms with E-state index in [0.29, 0.717) is 0 Å². The standard InChI is InChI=1S/C26H25FO3S/c1-17-6-7-20(25-5-3-4-23(30-25)16-29-18(2)28)14-21(17)15-24-12-13-26(31-24)19-8-10-22(27)11-9-19/h4,6-14,25H,3,5,15-16H2,1-2H3/t25-/m0/s1. The van der Waals surface area contributed by atoms with Crippen LogP contribution in [0.25, 0.3) is 10.4 Å². The van der Waals surface area contributed by atoms with E-state index < -0.39 is 0 Å². The van der Waals surface area contributed by atoms with Crippen LogP contribution in [0.15, 0.2) is 66.4 Å². The van der Waals surface area contributed by atoms with Gasteiger partial charge in [0.2, 0.25) is 0 Å². The Bertz CT molecular complexity index is 1100. The summed E-state index contributed by atoms with van der Waals surface area (Å²) >= 11 is 1.74. The van der Waals surface area contributed by atoms with Gasteiger partial charge in [-0.05, 0) is 72.4 Å². The summed E-state index contributed by atoms with van der Waals surface area (Å²) < 4.78 is 24.4. The summed E-state index contributed by atoms with van der Waals surface area (Å²) in [6, 6.07) is 17.4. The highest BCUT2D eigenvalue weighted by atomic mass is 32.1. The molecule has 0 N–H and O–H groups in total. The van der Waals surface area contributed by atoms with Crippen molar-refractivity contribution < 1.29 is 18.7 Å². The molecule has 4 rings (SSSR count). The number of benzene rings is 2. The van der Waals surface area contributed by atoms with Crippen LogP contribution in [0.4, 0.5) is 4.39 Å². The van der Waals surface area contributed by atoms with Gasteiger partial charge >= 0.3 is 5.97 Å². The topological polar surface area (TPSA) is 35.5 Å². The highest BCUT2D eigenvalue weighted by molar-refractivity contribution is 7.15. The van der Waals surface area contributed by atoms with Crippen LogP contribution in [0, 0.1) is 12.7 Å². The Labute approximate surface area is 186 Å². The maximum atomic E-state index is 13.2. The molecular weight excluding hydrogens is 411 g/mol. The summed E-state index contributed by atoms with van der Waals surface area (Å²) in [4.78, 5) is 13.5. The van der Waals surface area contributed by atoms with Crippen molar-refractivity contribution in [1.82, 2.24) is 0 Å². The molecule has 1 aliphatic rings. The number of halogens is 1. The predicted octanol–water partition coefficient (Wildman–Crippen LogP) is 6.75. The second-order valence-electron chi connectivity index (χ2n) is 7.77. The molecule has 2 heterocycles. The summed E-state index contributed by atoms with van der Waals surface area (Å²) in [7, 11) is 0. The number of aryl methyl sites for hydroxylation is 1. The number of hydrogen-bond donors (Lipinski definition) is 0. The third-order valence-corrected chi connectivity index (χ3v) is 6.55. The van der Waals surface area contributed by atoms with Crippen molar-refractivity contribution in [1.29, 1.82) is 0 Å². The van der Waals surface area contributed by atoms with Crippen molar-refractivity contribution in [3.63, 3.8) is 0 Å². The number of thiophene rings is 1. The van der Waals surface area contributed by atoms with Gasteiger partial charge in [0.25, 0.3) is 0 Å². The number of ether oxygens (including phenoxy) is 2. The fraction of sp³-hybridized carbons (Fsp3) is 0.269. The lowest BCUT2D eigenvalue weighted by Crippen LogP contribution is -2.14. The first-order valence-electron chi connectivity index (χ1n) is 10.4. The zero-order valence-corrected chi connectivity index (χ0v) is 18.5. The van der Waals surface area contributed by atoms with E-state index in [-0.39, 0.29) is 24.5 Å². The van der Waals surface area contributed by atoms with Gasteiger partial charge in [-0.1, -0.05) is 30.3 Å². The van der Waals surface area contributed by atoms with Gasteiger partial charge in [0.15, 0.2) is 0 Å². The van der Waals surface area contributed by atoms with E-state index in [4.69, 9.17) is 9.47 Å². The minimum absolute atomic E-state index is 0.0342. The van der Waals surface area contributed by atoms with Gasteiger partial charge in [0, 0.05) is 23.1 Å². The molecular formula is C26H25FO3S. The number of carbonyl (C=O) groups is 1. The fourth-order valence-corrected chi connectivity index (χ4v) is 4.73. The number of allylic oxidation sites excluding steroid dienone is 1. The summed E-state index contributed by atoms with van der Waals surface area (Å²) in [6.07, 6.45) is 4.61. The van der Waals surface area contributed by atoms with Gasteiger partial charge in [-0.15, -0.1) is 11.3 Å². The van der Waals surface area contributed by atoms with Crippen LogP contribution in [0.3, 0.4) is 0 Å². The molecule has 2 aromatic carbocycles. The van der Waals surface area contributed by atoms with Gasteiger partial charge in [-0.2, -0.15) is 0 Å². The molecule has 31 heavy (non-hydrogen) atoms. The van der Waals surface area contributed by atoms with Crippen LogP contribution in [0.1, 0.15) is 47.4 Å². The first-order chi connectivity index (χ1) is 15.0. The first kappa shape index (κ1) is 21.3. The zero-order chi connectivity index (χ0) is 21.8. The maximum Gasteiger partial charge on any atom is 0.303 e. The van der Waals surface area contributed by atoms with Crippen LogP contribution >= 0.6 is 11.3 Å². The van der Waals surface area contributed by atoms with E-state index in [1.165, 1.54) is 35.1 Å². The third-order valence-electron chi connectivity index (χ3n) is 5.41. The molecule has 5 heteroatoms. The Hall–Kier alpha value is -2.92. The maximum absolute atomic E-state index is 13.2. The second-order valence-corrected chi connectivity index (χ2v) is 8.94. The Balaban J connectivity index is 1.48. The van der Waals surface area contributed by atoms with Gasteiger partial charge in [-0.25, -0.2) is 4.39 Å². The van der Waals surface area contributed by atoms with Crippen molar-refractivity contribution in [2.45, 2.75) is 39.2 Å². The minimum Gasteiger partial charge on any atom is -0.487 e. The molecule has 0 saturated heterocycles. The Morgan fingerprint density at radius 1 is 1.16 bits per heavy atom. The van der Waals surface area contributed by atoms with Crippen molar-refractivity contribution in [2.24, 2.45) is 0 Å². The summed E-state index contributed by atoms with van der Waals surface area (Å²) in [5.74, 6) is 0.194. The van der Waals surface area contributed by atoms with Crippen molar-refractivity contribution in [3.8, 4) is 10.4 Å². The summed E-state index contributed by atoms with van der Waals surface area (Å²) in [5.41, 5.74) is 4.69. The lowest BCUT2D eigenvalue weighted by molar-refractivity contribution is -0.141. The van der Waals surface area contributed by atoms with Crippen LogP contribution in [0.5, 0.6) is 0 Å². The normalized spacial score (nSPS) is 15.8.